The average molecular weight is 438 g/mol. The number of ketones is 1. The van der Waals surface area contributed by atoms with Gasteiger partial charge >= 0.3 is 0 Å². The van der Waals surface area contributed by atoms with E-state index >= 15 is 0 Å². The number of thioether (sulfide) groups is 1. The molecule has 0 aliphatic rings. The van der Waals surface area contributed by atoms with Crippen LogP contribution in [0.3, 0.4) is 0 Å². The molecule has 0 saturated heterocycles. The van der Waals surface area contributed by atoms with Crippen LogP contribution in [-0.2, 0) is 4.79 Å². The molecule has 162 valence electrons. The van der Waals surface area contributed by atoms with Gasteiger partial charge in [0.2, 0.25) is 5.91 Å². The van der Waals surface area contributed by atoms with E-state index in [2.05, 4.69) is 27.3 Å². The number of carbonyl (C=O) groups is 2. The minimum absolute atomic E-state index is 0.00686. The molecule has 2 aromatic carbocycles. The Morgan fingerprint density at radius 1 is 1.06 bits per heavy atom. The van der Waals surface area contributed by atoms with Crippen molar-refractivity contribution in [3.63, 3.8) is 0 Å². The quantitative estimate of drug-likeness (QED) is 0.399. The average Bonchev–Trinajstić information content (AvgIpc) is 3.17. The molecule has 0 bridgehead atoms. The monoisotopic (exact) mass is 437 g/mol. The molecule has 0 aliphatic carbocycles. The van der Waals surface area contributed by atoms with Crippen LogP contribution in [0.5, 0.6) is 0 Å². The molecule has 7 nitrogen and oxygen atoms in total. The zero-order valence-corrected chi connectivity index (χ0v) is 19.0. The number of hydrogen-bond donors (Lipinski definition) is 1. The second-order valence-corrected chi connectivity index (χ2v) is 8.31. The van der Waals surface area contributed by atoms with Gasteiger partial charge in [-0.15, -0.1) is 10.2 Å². The van der Waals surface area contributed by atoms with Crippen molar-refractivity contribution in [2.45, 2.75) is 31.5 Å². The molecule has 1 amide bonds. The van der Waals surface area contributed by atoms with Gasteiger partial charge in [-0.1, -0.05) is 36.9 Å². The number of Topliss-reactive ketones (excluding diaryl/α,β-unsaturated/α-hetero) is 1. The lowest BCUT2D eigenvalue weighted by Gasteiger charge is -2.23. The molecule has 8 heteroatoms. The summed E-state index contributed by atoms with van der Waals surface area (Å²) in [5.74, 6) is 0.886. The summed E-state index contributed by atoms with van der Waals surface area (Å²) in [7, 11) is 4.05. The van der Waals surface area contributed by atoms with Crippen molar-refractivity contribution >= 4 is 29.1 Å². The number of rotatable bonds is 9. The van der Waals surface area contributed by atoms with Gasteiger partial charge in [-0.2, -0.15) is 0 Å². The fourth-order valence-electron chi connectivity index (χ4n) is 3.30. The van der Waals surface area contributed by atoms with Crippen LogP contribution in [0.15, 0.2) is 59.8 Å². The van der Waals surface area contributed by atoms with Crippen LogP contribution in [0.25, 0.3) is 5.69 Å². The first-order chi connectivity index (χ1) is 14.9. The maximum atomic E-state index is 12.5. The molecule has 31 heavy (non-hydrogen) atoms. The Kier molecular flexibility index (Phi) is 7.59. The minimum atomic E-state index is -0.149. The maximum Gasteiger partial charge on any atom is 0.234 e. The van der Waals surface area contributed by atoms with Crippen molar-refractivity contribution in [1.29, 1.82) is 0 Å². The first-order valence-electron chi connectivity index (χ1n) is 10.1. The zero-order valence-electron chi connectivity index (χ0n) is 18.2. The summed E-state index contributed by atoms with van der Waals surface area (Å²) >= 11 is 1.34. The topological polar surface area (TPSA) is 80.1 Å². The summed E-state index contributed by atoms with van der Waals surface area (Å²) in [5, 5.41) is 12.4. The molecule has 0 fully saturated rings. The van der Waals surface area contributed by atoms with Gasteiger partial charge < -0.3 is 5.32 Å². The highest BCUT2D eigenvalue weighted by molar-refractivity contribution is 7.99. The summed E-state index contributed by atoms with van der Waals surface area (Å²) in [6, 6.07) is 16.9. The number of aromatic nitrogens is 3. The third-order valence-corrected chi connectivity index (χ3v) is 5.82. The number of anilines is 1. The lowest BCUT2D eigenvalue weighted by atomic mass is 10.1. The third kappa shape index (κ3) is 5.59. The van der Waals surface area contributed by atoms with Crippen LogP contribution in [-0.4, -0.2) is 51.2 Å². The lowest BCUT2D eigenvalue weighted by Crippen LogP contribution is -2.23. The number of carbonyl (C=O) groups excluding carboxylic acids is 2. The molecule has 0 spiro atoms. The Bertz CT molecular complexity index is 1030. The molecule has 1 aromatic heterocycles. The highest BCUT2D eigenvalue weighted by atomic mass is 32.2. The van der Waals surface area contributed by atoms with Crippen LogP contribution in [0.2, 0.25) is 0 Å². The van der Waals surface area contributed by atoms with Crippen molar-refractivity contribution < 1.29 is 9.59 Å². The molecule has 3 rings (SSSR count). The molecule has 1 atom stereocenters. The van der Waals surface area contributed by atoms with E-state index in [-0.39, 0.29) is 23.5 Å². The lowest BCUT2D eigenvalue weighted by molar-refractivity contribution is -0.113. The van der Waals surface area contributed by atoms with E-state index in [0.717, 1.165) is 17.9 Å². The number of para-hydroxylation sites is 1. The van der Waals surface area contributed by atoms with E-state index in [4.69, 9.17) is 0 Å². The molecule has 0 unspecified atom stereocenters. The van der Waals surface area contributed by atoms with Crippen molar-refractivity contribution in [3.05, 3.63) is 66.0 Å². The van der Waals surface area contributed by atoms with Crippen LogP contribution >= 0.6 is 11.8 Å². The Morgan fingerprint density at radius 3 is 2.32 bits per heavy atom. The minimum Gasteiger partial charge on any atom is -0.325 e. The van der Waals surface area contributed by atoms with Crippen LogP contribution in [0.4, 0.5) is 5.69 Å². The van der Waals surface area contributed by atoms with Gasteiger partial charge in [0.25, 0.3) is 0 Å². The smallest absolute Gasteiger partial charge is 0.234 e. The fraction of sp³-hybridized carbons (Fsp3) is 0.304. The molecule has 3 aromatic rings. The standard InChI is InChI=1S/C23H27N5O2S/c1-5-20(27(3)4)22-25-26-23(28(22)19-9-7-6-8-10-19)31-15-21(30)24-18-13-11-17(12-14-18)16(2)29/h6-14,20H,5,15H2,1-4H3,(H,24,30)/t20-/m1/s1. The highest BCUT2D eigenvalue weighted by Gasteiger charge is 2.23. The van der Waals surface area contributed by atoms with Crippen molar-refractivity contribution in [2.75, 3.05) is 25.2 Å². The molecule has 0 saturated carbocycles. The summed E-state index contributed by atoms with van der Waals surface area (Å²) in [5.41, 5.74) is 2.23. The van der Waals surface area contributed by atoms with E-state index in [1.54, 1.807) is 24.3 Å². The van der Waals surface area contributed by atoms with Gasteiger partial charge in [-0.05, 0) is 63.8 Å². The summed E-state index contributed by atoms with van der Waals surface area (Å²) < 4.78 is 2.02. The zero-order chi connectivity index (χ0) is 22.4. The van der Waals surface area contributed by atoms with Gasteiger partial charge in [-0.25, -0.2) is 0 Å². The molecular formula is C23H27N5O2S. The second-order valence-electron chi connectivity index (χ2n) is 7.37. The first kappa shape index (κ1) is 22.7. The maximum absolute atomic E-state index is 12.5. The van der Waals surface area contributed by atoms with Crippen LogP contribution in [0, 0.1) is 0 Å². The Morgan fingerprint density at radius 2 is 1.74 bits per heavy atom. The molecule has 0 radical (unpaired) electrons. The van der Waals surface area contributed by atoms with Gasteiger partial charge in [0.1, 0.15) is 0 Å². The number of benzene rings is 2. The molecule has 1 N–H and O–H groups in total. The number of hydrogen-bond acceptors (Lipinski definition) is 6. The number of amides is 1. The summed E-state index contributed by atoms with van der Waals surface area (Å²) in [4.78, 5) is 26.0. The largest absolute Gasteiger partial charge is 0.325 e. The molecular weight excluding hydrogens is 410 g/mol. The van der Waals surface area contributed by atoms with Gasteiger partial charge in [-0.3, -0.25) is 19.1 Å². The summed E-state index contributed by atoms with van der Waals surface area (Å²) in [6.07, 6.45) is 0.888. The SMILES string of the molecule is CC[C@H](c1nnc(SCC(=O)Nc2ccc(C(C)=O)cc2)n1-c1ccccc1)N(C)C. The predicted octanol–water partition coefficient (Wildman–Crippen LogP) is 4.21. The molecule has 0 aliphatic heterocycles. The van der Waals surface area contributed by atoms with Gasteiger partial charge in [0, 0.05) is 16.9 Å². The van der Waals surface area contributed by atoms with Gasteiger partial charge in [0.15, 0.2) is 16.8 Å². The fourth-order valence-corrected chi connectivity index (χ4v) is 4.06. The highest BCUT2D eigenvalue weighted by Crippen LogP contribution is 2.28. The normalized spacial score (nSPS) is 12.0. The van der Waals surface area contributed by atoms with Crippen LogP contribution < -0.4 is 5.32 Å². The Hall–Kier alpha value is -2.97. The van der Waals surface area contributed by atoms with Crippen molar-refractivity contribution in [1.82, 2.24) is 19.7 Å². The number of nitrogens with one attached hydrogen (secondary N) is 1. The van der Waals surface area contributed by atoms with E-state index in [1.165, 1.54) is 18.7 Å². The van der Waals surface area contributed by atoms with Crippen molar-refractivity contribution in [3.8, 4) is 5.69 Å². The van der Waals surface area contributed by atoms with E-state index in [1.807, 2.05) is 49.0 Å². The second kappa shape index (κ2) is 10.4. The van der Waals surface area contributed by atoms with E-state index < -0.39 is 0 Å². The Balaban J connectivity index is 1.77. The van der Waals surface area contributed by atoms with Crippen molar-refractivity contribution in [2.24, 2.45) is 0 Å². The van der Waals surface area contributed by atoms with Gasteiger partial charge in [0.05, 0.1) is 11.8 Å². The summed E-state index contributed by atoms with van der Waals surface area (Å²) in [6.45, 7) is 3.63. The van der Waals surface area contributed by atoms with E-state index in [9.17, 15) is 9.59 Å². The van der Waals surface area contributed by atoms with E-state index in [0.29, 0.717) is 16.4 Å². The molecule has 1 heterocycles. The number of nitrogens with zero attached hydrogens (tertiary/aromatic N) is 4. The predicted molar refractivity (Wildman–Crippen MR) is 124 cm³/mol. The van der Waals surface area contributed by atoms with Crippen LogP contribution in [0.1, 0.15) is 42.5 Å². The first-order valence-corrected chi connectivity index (χ1v) is 11.1. The third-order valence-electron chi connectivity index (χ3n) is 4.89. The Labute approximate surface area is 186 Å².